The third-order valence-electron chi connectivity index (χ3n) is 3.40. The first kappa shape index (κ1) is 12.4. The van der Waals surface area contributed by atoms with Crippen LogP contribution in [0.15, 0.2) is 24.3 Å². The number of rotatable bonds is 5. The number of phenolic OH excluding ortho intramolecular Hbond substituents is 1. The Morgan fingerprint density at radius 2 is 2.12 bits per heavy atom. The average Bonchev–Trinajstić information content (AvgIpc) is 2.29. The molecular formula is C14H21NO2. The number of nitrogens with one attached hydrogen (secondary N) is 1. The summed E-state index contributed by atoms with van der Waals surface area (Å²) < 4.78 is 5.24. The maximum Gasteiger partial charge on any atom is 0.120 e. The van der Waals surface area contributed by atoms with E-state index in [2.05, 4.69) is 19.2 Å². The van der Waals surface area contributed by atoms with Crippen LogP contribution in [0.2, 0.25) is 0 Å². The smallest absolute Gasteiger partial charge is 0.120 e. The lowest BCUT2D eigenvalue weighted by molar-refractivity contribution is -0.100. The largest absolute Gasteiger partial charge is 0.508 e. The van der Waals surface area contributed by atoms with E-state index in [-0.39, 0.29) is 11.5 Å². The number of hydrogen-bond donors (Lipinski definition) is 2. The van der Waals surface area contributed by atoms with E-state index in [0.717, 1.165) is 31.7 Å². The Kier molecular flexibility index (Phi) is 3.69. The number of para-hydroxylation sites is 1. The van der Waals surface area contributed by atoms with Crippen molar-refractivity contribution in [3.63, 3.8) is 0 Å². The van der Waals surface area contributed by atoms with E-state index in [4.69, 9.17) is 4.74 Å². The Morgan fingerprint density at radius 1 is 1.41 bits per heavy atom. The van der Waals surface area contributed by atoms with Crippen LogP contribution in [0.3, 0.4) is 0 Å². The summed E-state index contributed by atoms with van der Waals surface area (Å²) in [7, 11) is 0. The number of phenols is 1. The Morgan fingerprint density at radius 3 is 2.65 bits per heavy atom. The summed E-state index contributed by atoms with van der Waals surface area (Å²) in [6.07, 6.45) is 0.967. The van der Waals surface area contributed by atoms with Crippen molar-refractivity contribution in [3.8, 4) is 5.75 Å². The van der Waals surface area contributed by atoms with Crippen LogP contribution < -0.4 is 5.32 Å². The Balaban J connectivity index is 1.99. The van der Waals surface area contributed by atoms with E-state index in [0.29, 0.717) is 5.75 Å². The van der Waals surface area contributed by atoms with Crippen molar-refractivity contribution < 1.29 is 9.84 Å². The number of aromatic hydroxyl groups is 1. The summed E-state index contributed by atoms with van der Waals surface area (Å²) in [6.45, 7) is 6.94. The third kappa shape index (κ3) is 2.79. The molecule has 1 aliphatic heterocycles. The fraction of sp³-hybridized carbons (Fsp3) is 0.571. The second-order valence-corrected chi connectivity index (χ2v) is 5.20. The van der Waals surface area contributed by atoms with Crippen molar-refractivity contribution >= 4 is 0 Å². The molecule has 0 aliphatic carbocycles. The first-order valence-corrected chi connectivity index (χ1v) is 6.24. The van der Waals surface area contributed by atoms with Gasteiger partial charge in [0, 0.05) is 23.6 Å². The minimum atomic E-state index is 0.216. The summed E-state index contributed by atoms with van der Waals surface area (Å²) in [5, 5.41) is 13.4. The van der Waals surface area contributed by atoms with Gasteiger partial charge >= 0.3 is 0 Å². The van der Waals surface area contributed by atoms with Crippen LogP contribution in [0.25, 0.3) is 0 Å². The lowest BCUT2D eigenvalue weighted by Gasteiger charge is -2.39. The number of benzene rings is 1. The fourth-order valence-corrected chi connectivity index (χ4v) is 2.18. The molecule has 0 spiro atoms. The third-order valence-corrected chi connectivity index (χ3v) is 3.40. The Bertz CT molecular complexity index is 374. The first-order valence-electron chi connectivity index (χ1n) is 6.24. The van der Waals surface area contributed by atoms with E-state index in [1.807, 2.05) is 18.2 Å². The quantitative estimate of drug-likeness (QED) is 0.823. The topological polar surface area (TPSA) is 41.5 Å². The minimum Gasteiger partial charge on any atom is -0.508 e. The van der Waals surface area contributed by atoms with Crippen LogP contribution >= 0.6 is 0 Å². The minimum absolute atomic E-state index is 0.216. The molecule has 0 saturated carbocycles. The zero-order chi connectivity index (χ0) is 12.3. The molecule has 1 heterocycles. The van der Waals surface area contributed by atoms with Crippen molar-refractivity contribution in [2.45, 2.75) is 26.3 Å². The van der Waals surface area contributed by atoms with Crippen molar-refractivity contribution in [3.05, 3.63) is 29.8 Å². The predicted octanol–water partition coefficient (Wildman–Crippen LogP) is 2.47. The van der Waals surface area contributed by atoms with Crippen molar-refractivity contribution in [1.82, 2.24) is 5.32 Å². The van der Waals surface area contributed by atoms with Crippen LogP contribution in [0.4, 0.5) is 0 Å². The molecule has 1 saturated heterocycles. The van der Waals surface area contributed by atoms with Crippen molar-refractivity contribution in [2.75, 3.05) is 19.8 Å². The normalized spacial score (nSPS) is 19.6. The molecule has 94 valence electrons. The maximum atomic E-state index is 9.85. The molecule has 1 aromatic carbocycles. The predicted molar refractivity (Wildman–Crippen MR) is 68.1 cm³/mol. The van der Waals surface area contributed by atoms with Gasteiger partial charge in [0.2, 0.25) is 0 Å². The molecule has 1 atom stereocenters. The summed E-state index contributed by atoms with van der Waals surface area (Å²) >= 11 is 0. The van der Waals surface area contributed by atoms with Gasteiger partial charge in [0.1, 0.15) is 5.75 Å². The van der Waals surface area contributed by atoms with Gasteiger partial charge in [-0.25, -0.2) is 0 Å². The van der Waals surface area contributed by atoms with Crippen molar-refractivity contribution in [2.24, 2.45) is 5.41 Å². The van der Waals surface area contributed by atoms with Gasteiger partial charge < -0.3 is 15.2 Å². The van der Waals surface area contributed by atoms with Gasteiger partial charge in [-0.3, -0.25) is 0 Å². The highest BCUT2D eigenvalue weighted by atomic mass is 16.5. The highest BCUT2D eigenvalue weighted by molar-refractivity contribution is 5.34. The zero-order valence-electron chi connectivity index (χ0n) is 10.6. The molecule has 2 N–H and O–H groups in total. The fourth-order valence-electron chi connectivity index (χ4n) is 2.18. The van der Waals surface area contributed by atoms with Gasteiger partial charge in [-0.2, -0.15) is 0 Å². The molecule has 0 aromatic heterocycles. The lowest BCUT2D eigenvalue weighted by atomic mass is 9.88. The second-order valence-electron chi connectivity index (χ2n) is 5.20. The summed E-state index contributed by atoms with van der Waals surface area (Å²) in [5.74, 6) is 0.377. The molecule has 1 aromatic rings. The van der Waals surface area contributed by atoms with Crippen LogP contribution in [0.1, 0.15) is 31.9 Å². The molecule has 0 bridgehead atoms. The molecule has 1 aliphatic rings. The lowest BCUT2D eigenvalue weighted by Crippen LogP contribution is -2.47. The van der Waals surface area contributed by atoms with Crippen molar-refractivity contribution in [1.29, 1.82) is 0 Å². The van der Waals surface area contributed by atoms with E-state index >= 15 is 0 Å². The van der Waals surface area contributed by atoms with Gasteiger partial charge in [-0.1, -0.05) is 32.0 Å². The van der Waals surface area contributed by atoms with E-state index in [9.17, 15) is 5.11 Å². The van der Waals surface area contributed by atoms with Gasteiger partial charge in [0.05, 0.1) is 13.2 Å². The standard InChI is InChI=1S/C14H21NO2/c1-3-12(11-6-4-5-7-13(11)16)15-8-14(2)9-17-10-14/h4-7,12,15-16H,3,8-10H2,1-2H3. The SMILES string of the molecule is CCC(NCC1(C)COC1)c1ccccc1O. The van der Waals surface area contributed by atoms with Gasteiger partial charge in [0.15, 0.2) is 0 Å². The number of ether oxygens (including phenoxy) is 1. The molecule has 17 heavy (non-hydrogen) atoms. The summed E-state index contributed by atoms with van der Waals surface area (Å²) in [5.41, 5.74) is 1.25. The molecule has 1 fully saturated rings. The van der Waals surface area contributed by atoms with Gasteiger partial charge in [0.25, 0.3) is 0 Å². The highest BCUT2D eigenvalue weighted by Crippen LogP contribution is 2.29. The van der Waals surface area contributed by atoms with E-state index < -0.39 is 0 Å². The molecule has 0 radical (unpaired) electrons. The zero-order valence-corrected chi connectivity index (χ0v) is 10.6. The highest BCUT2D eigenvalue weighted by Gasteiger charge is 2.33. The molecule has 3 nitrogen and oxygen atoms in total. The summed E-state index contributed by atoms with van der Waals surface area (Å²) in [6, 6.07) is 7.76. The average molecular weight is 235 g/mol. The van der Waals surface area contributed by atoms with Crippen LogP contribution in [0.5, 0.6) is 5.75 Å². The first-order chi connectivity index (χ1) is 8.14. The maximum absolute atomic E-state index is 9.85. The molecule has 1 unspecified atom stereocenters. The molecule has 0 amide bonds. The molecule has 2 rings (SSSR count). The van der Waals surface area contributed by atoms with Crippen LogP contribution in [-0.4, -0.2) is 24.9 Å². The summed E-state index contributed by atoms with van der Waals surface area (Å²) in [4.78, 5) is 0. The Hall–Kier alpha value is -1.06. The molecular weight excluding hydrogens is 214 g/mol. The van der Waals surface area contributed by atoms with Crippen LogP contribution in [-0.2, 0) is 4.74 Å². The Labute approximate surface area is 103 Å². The van der Waals surface area contributed by atoms with Gasteiger partial charge in [-0.05, 0) is 12.5 Å². The second kappa shape index (κ2) is 5.07. The van der Waals surface area contributed by atoms with E-state index in [1.165, 1.54) is 0 Å². The number of hydrogen-bond acceptors (Lipinski definition) is 3. The van der Waals surface area contributed by atoms with Crippen LogP contribution in [0, 0.1) is 5.41 Å². The van der Waals surface area contributed by atoms with E-state index in [1.54, 1.807) is 6.07 Å². The monoisotopic (exact) mass is 235 g/mol. The molecule has 3 heteroatoms. The van der Waals surface area contributed by atoms with Gasteiger partial charge in [-0.15, -0.1) is 0 Å².